The van der Waals surface area contributed by atoms with Gasteiger partial charge in [0.05, 0.1) is 0 Å². The Morgan fingerprint density at radius 2 is 1.92 bits per heavy atom. The summed E-state index contributed by atoms with van der Waals surface area (Å²) in [6, 6.07) is 0. The molecule has 0 amide bonds. The van der Waals surface area contributed by atoms with E-state index in [-0.39, 0.29) is 12.3 Å². The molecule has 1 nitrogen and oxygen atoms in total. The highest BCUT2D eigenvalue weighted by Crippen LogP contribution is 2.58. The Kier molecular flexibility index (Phi) is 1.72. The molecule has 0 saturated heterocycles. The van der Waals surface area contributed by atoms with Crippen LogP contribution in [0, 0.1) is 17.8 Å². The van der Waals surface area contributed by atoms with Gasteiger partial charge in [-0.3, -0.25) is 0 Å². The predicted octanol–water partition coefficient (Wildman–Crippen LogP) is 2.35. The second kappa shape index (κ2) is 2.41. The van der Waals surface area contributed by atoms with Gasteiger partial charge in [-0.05, 0) is 37.0 Å². The highest BCUT2D eigenvalue weighted by molar-refractivity contribution is 5.06. The molecule has 2 fully saturated rings. The average Bonchev–Trinajstić information content (AvgIpc) is 2.42. The maximum Gasteiger partial charge on any atom is 0.417 e. The van der Waals surface area contributed by atoms with Crippen LogP contribution in [0.1, 0.15) is 26.2 Å². The number of hydrogen-bond acceptors (Lipinski definition) is 1. The van der Waals surface area contributed by atoms with Crippen molar-refractivity contribution in [1.29, 1.82) is 0 Å². The number of hydrogen-bond donors (Lipinski definition) is 1. The summed E-state index contributed by atoms with van der Waals surface area (Å²) in [6.45, 7) is 1.97. The summed E-state index contributed by atoms with van der Waals surface area (Å²) in [5.74, 6) is -0.114. The van der Waals surface area contributed by atoms with E-state index < -0.39 is 17.7 Å². The van der Waals surface area contributed by atoms with Crippen molar-refractivity contribution < 1.29 is 18.3 Å². The molecule has 3 unspecified atom stereocenters. The van der Waals surface area contributed by atoms with Crippen LogP contribution in [-0.4, -0.2) is 16.9 Å². The molecule has 13 heavy (non-hydrogen) atoms. The maximum absolute atomic E-state index is 12.5. The smallest absolute Gasteiger partial charge is 0.380 e. The molecule has 4 heteroatoms. The quantitative estimate of drug-likeness (QED) is 0.627. The molecule has 0 heterocycles. The van der Waals surface area contributed by atoms with Crippen molar-refractivity contribution in [3.8, 4) is 0 Å². The molecular formula is C9H13F3O. The fraction of sp³-hybridized carbons (Fsp3) is 1.00. The lowest BCUT2D eigenvalue weighted by atomic mass is 9.79. The molecule has 0 aromatic rings. The van der Waals surface area contributed by atoms with Crippen molar-refractivity contribution in [2.75, 3.05) is 0 Å². The summed E-state index contributed by atoms with van der Waals surface area (Å²) in [7, 11) is 0. The van der Waals surface area contributed by atoms with E-state index in [2.05, 4.69) is 0 Å². The molecule has 4 atom stereocenters. The Bertz CT molecular complexity index is 223. The van der Waals surface area contributed by atoms with Crippen LogP contribution in [0.25, 0.3) is 0 Å². The third-order valence-electron chi connectivity index (χ3n) is 3.79. The van der Waals surface area contributed by atoms with Crippen molar-refractivity contribution in [2.24, 2.45) is 17.8 Å². The molecule has 2 saturated carbocycles. The number of rotatable bonds is 0. The van der Waals surface area contributed by atoms with Crippen LogP contribution in [0.5, 0.6) is 0 Å². The molecular weight excluding hydrogens is 181 g/mol. The molecule has 0 radical (unpaired) electrons. The van der Waals surface area contributed by atoms with Gasteiger partial charge in [0, 0.05) is 0 Å². The lowest BCUT2D eigenvalue weighted by Crippen LogP contribution is -2.50. The van der Waals surface area contributed by atoms with Crippen molar-refractivity contribution in [3.63, 3.8) is 0 Å². The number of alkyl halides is 3. The van der Waals surface area contributed by atoms with Gasteiger partial charge in [0.15, 0.2) is 5.60 Å². The first kappa shape index (κ1) is 9.31. The molecule has 0 spiro atoms. The van der Waals surface area contributed by atoms with Gasteiger partial charge in [-0.15, -0.1) is 0 Å². The molecule has 2 aliphatic rings. The first-order chi connectivity index (χ1) is 5.84. The van der Waals surface area contributed by atoms with Gasteiger partial charge in [-0.1, -0.05) is 6.92 Å². The van der Waals surface area contributed by atoms with Crippen molar-refractivity contribution in [3.05, 3.63) is 0 Å². The minimum Gasteiger partial charge on any atom is -0.380 e. The van der Waals surface area contributed by atoms with Crippen molar-refractivity contribution >= 4 is 0 Å². The zero-order valence-corrected chi connectivity index (χ0v) is 7.43. The Morgan fingerprint density at radius 3 is 2.23 bits per heavy atom. The highest BCUT2D eigenvalue weighted by atomic mass is 19.4. The normalized spacial score (nSPS) is 50.1. The van der Waals surface area contributed by atoms with Crippen LogP contribution in [0.15, 0.2) is 0 Å². The third kappa shape index (κ3) is 1.11. The van der Waals surface area contributed by atoms with Gasteiger partial charge in [0.2, 0.25) is 0 Å². The topological polar surface area (TPSA) is 20.2 Å². The molecule has 0 aromatic heterocycles. The zero-order chi connectivity index (χ0) is 9.85. The molecule has 2 bridgehead atoms. The first-order valence-electron chi connectivity index (χ1n) is 4.63. The lowest BCUT2D eigenvalue weighted by molar-refractivity contribution is -0.278. The SMILES string of the molecule is C[C@@H]1CC2CC1CC2(O)C(F)(F)F. The fourth-order valence-electron chi connectivity index (χ4n) is 2.92. The Morgan fingerprint density at radius 1 is 1.31 bits per heavy atom. The molecule has 2 rings (SSSR count). The number of fused-ring (bicyclic) bond motifs is 2. The molecule has 1 N–H and O–H groups in total. The second-order valence-corrected chi connectivity index (χ2v) is 4.53. The van der Waals surface area contributed by atoms with Crippen LogP contribution in [0.2, 0.25) is 0 Å². The lowest BCUT2D eigenvalue weighted by Gasteiger charge is -2.36. The van der Waals surface area contributed by atoms with E-state index in [1.54, 1.807) is 0 Å². The Labute approximate surface area is 74.9 Å². The summed E-state index contributed by atoms with van der Waals surface area (Å²) in [5, 5.41) is 9.51. The summed E-state index contributed by atoms with van der Waals surface area (Å²) < 4.78 is 37.4. The minimum atomic E-state index is -4.44. The van der Waals surface area contributed by atoms with E-state index in [1.165, 1.54) is 0 Å². The van der Waals surface area contributed by atoms with E-state index in [1.807, 2.05) is 6.92 Å². The van der Waals surface area contributed by atoms with E-state index >= 15 is 0 Å². The molecule has 0 aromatic carbocycles. The second-order valence-electron chi connectivity index (χ2n) is 4.53. The summed E-state index contributed by atoms with van der Waals surface area (Å²) in [6.07, 6.45) is -3.44. The molecule has 2 aliphatic carbocycles. The summed E-state index contributed by atoms with van der Waals surface area (Å²) in [4.78, 5) is 0. The summed E-state index contributed by atoms with van der Waals surface area (Å²) in [5.41, 5.74) is -2.37. The Hall–Kier alpha value is -0.250. The Balaban J connectivity index is 2.22. The van der Waals surface area contributed by atoms with Gasteiger partial charge in [-0.25, -0.2) is 0 Å². The van der Waals surface area contributed by atoms with E-state index in [0.29, 0.717) is 18.8 Å². The standard InChI is InChI=1S/C9H13F3O/c1-5-2-7-3-6(5)4-8(7,13)9(10,11)12/h5-7,13H,2-4H2,1H3/t5-,6?,7?,8?/m1/s1. The van der Waals surface area contributed by atoms with Gasteiger partial charge in [0.1, 0.15) is 0 Å². The van der Waals surface area contributed by atoms with E-state index in [4.69, 9.17) is 0 Å². The van der Waals surface area contributed by atoms with Crippen LogP contribution < -0.4 is 0 Å². The van der Waals surface area contributed by atoms with E-state index in [0.717, 1.165) is 0 Å². The van der Waals surface area contributed by atoms with E-state index in [9.17, 15) is 18.3 Å². The average molecular weight is 194 g/mol. The molecule has 0 aliphatic heterocycles. The van der Waals surface area contributed by atoms with Crippen LogP contribution in [-0.2, 0) is 0 Å². The van der Waals surface area contributed by atoms with Crippen LogP contribution >= 0.6 is 0 Å². The third-order valence-corrected chi connectivity index (χ3v) is 3.79. The van der Waals surface area contributed by atoms with Gasteiger partial charge >= 0.3 is 6.18 Å². The summed E-state index contributed by atoms with van der Waals surface area (Å²) >= 11 is 0. The minimum absolute atomic E-state index is 0.0802. The largest absolute Gasteiger partial charge is 0.417 e. The highest BCUT2D eigenvalue weighted by Gasteiger charge is 2.65. The fourth-order valence-corrected chi connectivity index (χ4v) is 2.92. The van der Waals surface area contributed by atoms with Crippen LogP contribution in [0.3, 0.4) is 0 Å². The van der Waals surface area contributed by atoms with Gasteiger partial charge in [-0.2, -0.15) is 13.2 Å². The van der Waals surface area contributed by atoms with Crippen LogP contribution in [0.4, 0.5) is 13.2 Å². The molecule has 76 valence electrons. The van der Waals surface area contributed by atoms with Crippen molar-refractivity contribution in [1.82, 2.24) is 0 Å². The maximum atomic E-state index is 12.5. The predicted molar refractivity (Wildman–Crippen MR) is 41.0 cm³/mol. The number of aliphatic hydroxyl groups is 1. The number of halogens is 3. The van der Waals surface area contributed by atoms with Gasteiger partial charge < -0.3 is 5.11 Å². The van der Waals surface area contributed by atoms with Crippen molar-refractivity contribution in [2.45, 2.75) is 38.0 Å². The van der Waals surface area contributed by atoms with Gasteiger partial charge in [0.25, 0.3) is 0 Å². The zero-order valence-electron chi connectivity index (χ0n) is 7.43. The monoisotopic (exact) mass is 194 g/mol. The first-order valence-corrected chi connectivity index (χ1v) is 4.63.